The van der Waals surface area contributed by atoms with E-state index in [9.17, 15) is 0 Å². The van der Waals surface area contributed by atoms with Gasteiger partial charge in [0.2, 0.25) is 0 Å². The zero-order valence-electron chi connectivity index (χ0n) is 11.9. The average molecular weight is 234 g/mol. The molecule has 1 aromatic carbocycles. The Bertz CT molecular complexity index is 330. The van der Waals surface area contributed by atoms with Gasteiger partial charge in [0.25, 0.3) is 0 Å². The summed E-state index contributed by atoms with van der Waals surface area (Å²) in [5.74, 6) is 1.28. The van der Waals surface area contributed by atoms with Gasteiger partial charge in [0, 0.05) is 0 Å². The van der Waals surface area contributed by atoms with Crippen molar-refractivity contribution in [2.45, 2.75) is 59.2 Å². The highest BCUT2D eigenvalue weighted by Crippen LogP contribution is 2.23. The van der Waals surface area contributed by atoms with Crippen LogP contribution in [0, 0.1) is 0 Å². The third kappa shape index (κ3) is 2.76. The Morgan fingerprint density at radius 1 is 0.812 bits per heavy atom. The van der Waals surface area contributed by atoms with Crippen molar-refractivity contribution >= 4 is 13.3 Å². The highest BCUT2D eigenvalue weighted by molar-refractivity contribution is 6.89. The molecular weight excluding hydrogens is 208 g/mol. The smallest absolute Gasteiger partial charge is 0.0656 e. The van der Waals surface area contributed by atoms with Gasteiger partial charge in [0.05, 0.1) is 8.07 Å². The van der Waals surface area contributed by atoms with Crippen molar-refractivity contribution in [1.82, 2.24) is 0 Å². The molecule has 0 saturated heterocycles. The van der Waals surface area contributed by atoms with Gasteiger partial charge >= 0.3 is 0 Å². The van der Waals surface area contributed by atoms with E-state index >= 15 is 0 Å². The summed E-state index contributed by atoms with van der Waals surface area (Å²) in [6.07, 6.45) is 0. The molecule has 1 rings (SSSR count). The molecule has 90 valence electrons. The number of rotatable bonds is 3. The number of benzene rings is 1. The minimum Gasteiger partial charge on any atom is -0.0656 e. The summed E-state index contributed by atoms with van der Waals surface area (Å²) in [6, 6.07) is 6.88. The SMILES string of the molecule is CC(C)c1cccc(C(C)C)c1[Si](C)(C)C. The monoisotopic (exact) mass is 234 g/mol. The first-order valence-electron chi connectivity index (χ1n) is 6.38. The van der Waals surface area contributed by atoms with Crippen molar-refractivity contribution in [2.75, 3.05) is 0 Å². The van der Waals surface area contributed by atoms with Crippen LogP contribution >= 0.6 is 0 Å². The standard InChI is InChI=1S/C15H26Si/c1-11(2)13-9-8-10-14(12(3)4)15(13)16(5,6)7/h8-12H,1-7H3. The normalized spacial score (nSPS) is 12.6. The van der Waals surface area contributed by atoms with Crippen molar-refractivity contribution in [3.8, 4) is 0 Å². The average Bonchev–Trinajstić information content (AvgIpc) is 2.15. The Morgan fingerprint density at radius 2 is 1.19 bits per heavy atom. The summed E-state index contributed by atoms with van der Waals surface area (Å²) in [6.45, 7) is 16.6. The summed E-state index contributed by atoms with van der Waals surface area (Å²) in [5, 5.41) is 1.69. The lowest BCUT2D eigenvalue weighted by Gasteiger charge is -2.28. The van der Waals surface area contributed by atoms with E-state index in [1.165, 1.54) is 0 Å². The van der Waals surface area contributed by atoms with Gasteiger partial charge in [-0.25, -0.2) is 0 Å². The molecule has 1 heteroatoms. The predicted molar refractivity (Wildman–Crippen MR) is 77.6 cm³/mol. The molecule has 0 unspecified atom stereocenters. The molecule has 0 saturated carbocycles. The van der Waals surface area contributed by atoms with Gasteiger partial charge in [-0.1, -0.05) is 70.7 Å². The maximum Gasteiger partial charge on any atom is 0.0783 e. The van der Waals surface area contributed by atoms with Crippen molar-refractivity contribution < 1.29 is 0 Å². The Hall–Kier alpha value is -0.563. The molecular formula is C15H26Si. The van der Waals surface area contributed by atoms with Crippen LogP contribution in [0.4, 0.5) is 0 Å². The molecule has 0 aliphatic heterocycles. The minimum absolute atomic E-state index is 0.639. The van der Waals surface area contributed by atoms with Crippen molar-refractivity contribution in [1.29, 1.82) is 0 Å². The van der Waals surface area contributed by atoms with Gasteiger partial charge in [-0.15, -0.1) is 0 Å². The fourth-order valence-electron chi connectivity index (χ4n) is 2.42. The van der Waals surface area contributed by atoms with Crippen molar-refractivity contribution in [2.24, 2.45) is 0 Å². The summed E-state index contributed by atoms with van der Waals surface area (Å²) in [4.78, 5) is 0. The van der Waals surface area contributed by atoms with Crippen LogP contribution in [0.25, 0.3) is 0 Å². The molecule has 16 heavy (non-hydrogen) atoms. The lowest BCUT2D eigenvalue weighted by atomic mass is 9.95. The summed E-state index contributed by atoms with van der Waals surface area (Å²) in [7, 11) is -1.25. The molecule has 0 amide bonds. The second kappa shape index (κ2) is 4.75. The molecule has 0 atom stereocenters. The Morgan fingerprint density at radius 3 is 1.44 bits per heavy atom. The van der Waals surface area contributed by atoms with Crippen LogP contribution in [0.1, 0.15) is 50.7 Å². The maximum atomic E-state index is 2.46. The van der Waals surface area contributed by atoms with E-state index in [0.29, 0.717) is 11.8 Å². The molecule has 0 aliphatic carbocycles. The molecule has 0 heterocycles. The van der Waals surface area contributed by atoms with E-state index in [0.717, 1.165) is 0 Å². The topological polar surface area (TPSA) is 0 Å². The molecule has 0 spiro atoms. The molecule has 0 N–H and O–H groups in total. The highest BCUT2D eigenvalue weighted by Gasteiger charge is 2.25. The molecule has 0 fully saturated rings. The predicted octanol–water partition coefficient (Wildman–Crippen LogP) is 4.48. The fraction of sp³-hybridized carbons (Fsp3) is 0.600. The Balaban J connectivity index is 3.48. The summed E-state index contributed by atoms with van der Waals surface area (Å²) >= 11 is 0. The third-order valence-corrected chi connectivity index (χ3v) is 5.20. The van der Waals surface area contributed by atoms with E-state index in [4.69, 9.17) is 0 Å². The van der Waals surface area contributed by atoms with E-state index in [1.807, 2.05) is 0 Å². The van der Waals surface area contributed by atoms with Gasteiger partial charge in [-0.2, -0.15) is 0 Å². The zero-order chi connectivity index (χ0) is 12.5. The minimum atomic E-state index is -1.25. The van der Waals surface area contributed by atoms with E-state index in [2.05, 4.69) is 65.5 Å². The van der Waals surface area contributed by atoms with Crippen LogP contribution in [-0.2, 0) is 0 Å². The highest BCUT2D eigenvalue weighted by atomic mass is 28.3. The fourth-order valence-corrected chi connectivity index (χ4v) is 4.89. The summed E-state index contributed by atoms with van der Waals surface area (Å²) in [5.41, 5.74) is 3.15. The van der Waals surface area contributed by atoms with Crippen LogP contribution in [0.2, 0.25) is 19.6 Å². The van der Waals surface area contributed by atoms with Crippen LogP contribution in [-0.4, -0.2) is 8.07 Å². The lowest BCUT2D eigenvalue weighted by molar-refractivity contribution is 0.844. The van der Waals surface area contributed by atoms with Crippen molar-refractivity contribution in [3.63, 3.8) is 0 Å². The van der Waals surface area contributed by atoms with E-state index in [-0.39, 0.29) is 0 Å². The van der Waals surface area contributed by atoms with Gasteiger partial charge in [-0.05, 0) is 23.0 Å². The lowest BCUT2D eigenvalue weighted by Crippen LogP contribution is -2.43. The Labute approximate surface area is 102 Å². The van der Waals surface area contributed by atoms with Crippen LogP contribution in [0.15, 0.2) is 18.2 Å². The van der Waals surface area contributed by atoms with Gasteiger partial charge in [0.15, 0.2) is 0 Å². The Kier molecular flexibility index (Phi) is 4.00. The second-order valence-corrected chi connectivity index (χ2v) is 11.4. The number of hydrogen-bond acceptors (Lipinski definition) is 0. The quantitative estimate of drug-likeness (QED) is 0.677. The molecule has 0 nitrogen and oxygen atoms in total. The molecule has 0 aromatic heterocycles. The van der Waals surface area contributed by atoms with Crippen molar-refractivity contribution in [3.05, 3.63) is 29.3 Å². The molecule has 0 bridgehead atoms. The first-order valence-corrected chi connectivity index (χ1v) is 9.88. The largest absolute Gasteiger partial charge is 0.0783 e. The van der Waals surface area contributed by atoms with E-state index in [1.54, 1.807) is 16.3 Å². The molecule has 1 aromatic rings. The second-order valence-electron chi connectivity index (χ2n) is 6.37. The van der Waals surface area contributed by atoms with Crippen LogP contribution in [0.3, 0.4) is 0 Å². The molecule has 0 aliphatic rings. The number of hydrogen-bond donors (Lipinski definition) is 0. The van der Waals surface area contributed by atoms with Gasteiger partial charge < -0.3 is 0 Å². The first-order chi connectivity index (χ1) is 7.25. The summed E-state index contributed by atoms with van der Waals surface area (Å²) < 4.78 is 0. The molecule has 0 radical (unpaired) electrons. The van der Waals surface area contributed by atoms with Crippen LogP contribution < -0.4 is 5.19 Å². The van der Waals surface area contributed by atoms with Crippen LogP contribution in [0.5, 0.6) is 0 Å². The van der Waals surface area contributed by atoms with E-state index < -0.39 is 8.07 Å². The third-order valence-electron chi connectivity index (χ3n) is 3.12. The first kappa shape index (κ1) is 13.5. The zero-order valence-corrected chi connectivity index (χ0v) is 12.9. The maximum absolute atomic E-state index is 2.46. The van der Waals surface area contributed by atoms with Gasteiger partial charge in [-0.3, -0.25) is 0 Å². The van der Waals surface area contributed by atoms with Gasteiger partial charge in [0.1, 0.15) is 0 Å².